The van der Waals surface area contributed by atoms with Crippen molar-refractivity contribution in [1.29, 1.82) is 0 Å². The van der Waals surface area contributed by atoms with Crippen LogP contribution in [0, 0.1) is 0 Å². The molecule has 1 aliphatic heterocycles. The van der Waals surface area contributed by atoms with Gasteiger partial charge >= 0.3 is 6.09 Å². The van der Waals surface area contributed by atoms with E-state index in [0.717, 1.165) is 5.01 Å². The maximum atomic E-state index is 12.3. The molecule has 1 aliphatic rings. The van der Waals surface area contributed by atoms with E-state index in [1.54, 1.807) is 52.0 Å². The molecule has 21 heavy (non-hydrogen) atoms. The summed E-state index contributed by atoms with van der Waals surface area (Å²) in [5.74, 6) is 0. The first kappa shape index (κ1) is 15.8. The first-order valence-corrected chi connectivity index (χ1v) is 7.05. The topological polar surface area (TPSA) is 62.1 Å². The van der Waals surface area contributed by atoms with Gasteiger partial charge in [-0.05, 0) is 39.8 Å². The van der Waals surface area contributed by atoms with Gasteiger partial charge in [0.1, 0.15) is 5.60 Å². The first-order valence-electron chi connectivity index (χ1n) is 6.67. The average Bonchev–Trinajstić information content (AvgIpc) is 2.64. The second-order valence-electron chi connectivity index (χ2n) is 6.13. The molecule has 1 N–H and O–H groups in total. The number of carbonyl (C=O) groups is 1. The fourth-order valence-electron chi connectivity index (χ4n) is 2.16. The Kier molecular flexibility index (Phi) is 4.00. The number of hydrazone groups is 1. The molecule has 0 unspecified atom stereocenters. The molecule has 1 aromatic rings. The number of halogens is 1. The third-order valence-corrected chi connectivity index (χ3v) is 3.25. The summed E-state index contributed by atoms with van der Waals surface area (Å²) >= 11 is 5.86. The van der Waals surface area contributed by atoms with Crippen LogP contribution in [0.3, 0.4) is 0 Å². The van der Waals surface area contributed by atoms with Crippen LogP contribution in [0.5, 0.6) is 0 Å². The van der Waals surface area contributed by atoms with Crippen molar-refractivity contribution in [3.63, 3.8) is 0 Å². The Balaban J connectivity index is 2.33. The molecule has 0 saturated carbocycles. The average molecular weight is 311 g/mol. The van der Waals surface area contributed by atoms with Gasteiger partial charge in [-0.25, -0.2) is 4.79 Å². The Morgan fingerprint density at radius 2 is 1.95 bits per heavy atom. The van der Waals surface area contributed by atoms with E-state index in [9.17, 15) is 9.90 Å². The number of amides is 1. The summed E-state index contributed by atoms with van der Waals surface area (Å²) in [5, 5.41) is 16.6. The fourth-order valence-corrected chi connectivity index (χ4v) is 2.28. The maximum Gasteiger partial charge on any atom is 0.433 e. The number of hydrogen-bond acceptors (Lipinski definition) is 4. The lowest BCUT2D eigenvalue weighted by Gasteiger charge is -2.32. The van der Waals surface area contributed by atoms with E-state index in [1.165, 1.54) is 0 Å². The SMILES string of the molecule is CC1=NN(C(=O)OC(C)(C)C)[C@@](O)(c2ccc(Cl)cc2)C1. The smallest absolute Gasteiger partial charge is 0.433 e. The van der Waals surface area contributed by atoms with E-state index >= 15 is 0 Å². The van der Waals surface area contributed by atoms with Crippen molar-refractivity contribution >= 4 is 23.4 Å². The minimum absolute atomic E-state index is 0.230. The van der Waals surface area contributed by atoms with E-state index < -0.39 is 17.4 Å². The summed E-state index contributed by atoms with van der Waals surface area (Å²) < 4.78 is 5.30. The molecule has 1 amide bonds. The van der Waals surface area contributed by atoms with Crippen LogP contribution in [-0.4, -0.2) is 27.5 Å². The Morgan fingerprint density at radius 3 is 2.48 bits per heavy atom. The molecule has 0 fully saturated rings. The van der Waals surface area contributed by atoms with Gasteiger partial charge in [0.25, 0.3) is 0 Å². The van der Waals surface area contributed by atoms with E-state index in [2.05, 4.69) is 5.10 Å². The van der Waals surface area contributed by atoms with Crippen LogP contribution in [0.2, 0.25) is 5.02 Å². The highest BCUT2D eigenvalue weighted by Gasteiger charge is 2.46. The minimum Gasteiger partial charge on any atom is -0.442 e. The fraction of sp³-hybridized carbons (Fsp3) is 0.467. The number of benzene rings is 1. The van der Waals surface area contributed by atoms with Crippen molar-refractivity contribution in [3.05, 3.63) is 34.9 Å². The zero-order chi connectivity index (χ0) is 15.8. The second-order valence-corrected chi connectivity index (χ2v) is 6.56. The molecule has 2 rings (SSSR count). The molecule has 114 valence electrons. The standard InChI is InChI=1S/C15H19ClN2O3/c1-10-9-15(20,11-5-7-12(16)8-6-11)18(17-10)13(19)21-14(2,3)4/h5-8,20H,9H2,1-4H3/t15-/m0/s1. The summed E-state index contributed by atoms with van der Waals surface area (Å²) in [5.41, 5.74) is -1.02. The molecule has 0 saturated heterocycles. The molecular formula is C15H19ClN2O3. The Labute approximate surface area is 129 Å². The predicted octanol–water partition coefficient (Wildman–Crippen LogP) is 3.50. The monoisotopic (exact) mass is 310 g/mol. The molecule has 0 spiro atoms. The van der Waals surface area contributed by atoms with Gasteiger partial charge in [-0.2, -0.15) is 10.1 Å². The lowest BCUT2D eigenvalue weighted by Crippen LogP contribution is -2.45. The summed E-state index contributed by atoms with van der Waals surface area (Å²) in [6.07, 6.45) is -0.453. The lowest BCUT2D eigenvalue weighted by atomic mass is 9.98. The molecule has 1 aromatic carbocycles. The molecule has 0 bridgehead atoms. The van der Waals surface area contributed by atoms with Gasteiger partial charge in [0, 0.05) is 22.7 Å². The van der Waals surface area contributed by atoms with Crippen LogP contribution >= 0.6 is 11.6 Å². The van der Waals surface area contributed by atoms with Gasteiger partial charge in [-0.15, -0.1) is 0 Å². The van der Waals surface area contributed by atoms with E-state index in [0.29, 0.717) is 16.3 Å². The Bertz CT molecular complexity index is 578. The molecule has 6 heteroatoms. The Morgan fingerprint density at radius 1 is 1.38 bits per heavy atom. The summed E-state index contributed by atoms with van der Waals surface area (Å²) in [6, 6.07) is 6.67. The molecule has 1 atom stereocenters. The largest absolute Gasteiger partial charge is 0.442 e. The number of ether oxygens (including phenoxy) is 1. The van der Waals surface area contributed by atoms with E-state index in [-0.39, 0.29) is 6.42 Å². The van der Waals surface area contributed by atoms with Crippen molar-refractivity contribution in [1.82, 2.24) is 5.01 Å². The third-order valence-electron chi connectivity index (χ3n) is 3.00. The van der Waals surface area contributed by atoms with Crippen molar-refractivity contribution in [2.24, 2.45) is 5.10 Å². The highest BCUT2D eigenvalue weighted by atomic mass is 35.5. The summed E-state index contributed by atoms with van der Waals surface area (Å²) in [7, 11) is 0. The van der Waals surface area contributed by atoms with Crippen LogP contribution < -0.4 is 0 Å². The van der Waals surface area contributed by atoms with Crippen molar-refractivity contribution in [2.75, 3.05) is 0 Å². The van der Waals surface area contributed by atoms with Gasteiger partial charge in [0.2, 0.25) is 0 Å². The number of rotatable bonds is 1. The lowest BCUT2D eigenvalue weighted by molar-refractivity contribution is -0.0975. The van der Waals surface area contributed by atoms with E-state index in [4.69, 9.17) is 16.3 Å². The van der Waals surface area contributed by atoms with Crippen LogP contribution in [0.4, 0.5) is 4.79 Å². The number of hydrogen-bond donors (Lipinski definition) is 1. The van der Waals surface area contributed by atoms with Crippen molar-refractivity contribution < 1.29 is 14.6 Å². The number of carbonyl (C=O) groups excluding carboxylic acids is 1. The zero-order valence-corrected chi connectivity index (χ0v) is 13.3. The molecule has 0 aliphatic carbocycles. The van der Waals surface area contributed by atoms with Crippen LogP contribution in [0.25, 0.3) is 0 Å². The van der Waals surface area contributed by atoms with Crippen LogP contribution in [0.1, 0.15) is 39.7 Å². The van der Waals surface area contributed by atoms with Crippen LogP contribution in [0.15, 0.2) is 29.4 Å². The zero-order valence-electron chi connectivity index (χ0n) is 12.6. The molecule has 0 radical (unpaired) electrons. The van der Waals surface area contributed by atoms with Gasteiger partial charge in [0.15, 0.2) is 5.72 Å². The van der Waals surface area contributed by atoms with Gasteiger partial charge in [-0.3, -0.25) is 0 Å². The van der Waals surface area contributed by atoms with Crippen molar-refractivity contribution in [3.8, 4) is 0 Å². The third kappa shape index (κ3) is 3.36. The highest BCUT2D eigenvalue weighted by Crippen LogP contribution is 2.36. The van der Waals surface area contributed by atoms with Gasteiger partial charge < -0.3 is 9.84 Å². The van der Waals surface area contributed by atoms with E-state index in [1.807, 2.05) is 0 Å². The molecule has 5 nitrogen and oxygen atoms in total. The molecule has 1 heterocycles. The summed E-state index contributed by atoms with van der Waals surface area (Å²) in [4.78, 5) is 12.3. The van der Waals surface area contributed by atoms with Crippen LogP contribution in [-0.2, 0) is 10.5 Å². The second kappa shape index (κ2) is 5.31. The highest BCUT2D eigenvalue weighted by molar-refractivity contribution is 6.30. The quantitative estimate of drug-likeness (QED) is 0.863. The van der Waals surface area contributed by atoms with Gasteiger partial charge in [-0.1, -0.05) is 23.7 Å². The number of aliphatic hydroxyl groups is 1. The maximum absolute atomic E-state index is 12.3. The minimum atomic E-state index is -1.54. The van der Waals surface area contributed by atoms with Crippen molar-refractivity contribution in [2.45, 2.75) is 45.4 Å². The molecule has 0 aromatic heterocycles. The van der Waals surface area contributed by atoms with Gasteiger partial charge in [0.05, 0.1) is 0 Å². The summed E-state index contributed by atoms with van der Waals surface area (Å²) in [6.45, 7) is 7.04. The Hall–Kier alpha value is -1.59. The predicted molar refractivity (Wildman–Crippen MR) is 81.1 cm³/mol. The number of nitrogens with zero attached hydrogens (tertiary/aromatic N) is 2. The normalized spacial score (nSPS) is 22.2. The molecular weight excluding hydrogens is 292 g/mol. The first-order chi connectivity index (χ1) is 9.62.